The molecule has 44 heavy (non-hydrogen) atoms. The zero-order valence-corrected chi connectivity index (χ0v) is 31.2. The molecule has 0 saturated heterocycles. The van der Waals surface area contributed by atoms with E-state index in [1.54, 1.807) is 0 Å². The van der Waals surface area contributed by atoms with E-state index in [-0.39, 0.29) is 5.22 Å². The van der Waals surface area contributed by atoms with Crippen molar-refractivity contribution in [3.8, 4) is 0 Å². The molecule has 1 atom stereocenters. The lowest BCUT2D eigenvalue weighted by Crippen LogP contribution is -2.55. The van der Waals surface area contributed by atoms with Crippen LogP contribution in [0.15, 0.2) is 121 Å². The summed E-state index contributed by atoms with van der Waals surface area (Å²) < 4.78 is 20.3. The van der Waals surface area contributed by atoms with Crippen LogP contribution in [0.3, 0.4) is 0 Å². The van der Waals surface area contributed by atoms with Gasteiger partial charge in [-0.25, -0.2) is 0 Å². The Balaban J connectivity index is 1.64. The molecule has 0 spiro atoms. The van der Waals surface area contributed by atoms with Crippen molar-refractivity contribution in [2.45, 2.75) is 57.8 Å². The summed E-state index contributed by atoms with van der Waals surface area (Å²) in [6, 6.07) is 45.2. The molecule has 0 amide bonds. The van der Waals surface area contributed by atoms with Gasteiger partial charge < -0.3 is 13.3 Å². The molecule has 4 aromatic rings. The maximum Gasteiger partial charge on any atom is 0.500 e. The van der Waals surface area contributed by atoms with Crippen LogP contribution in [0.5, 0.6) is 0 Å². The minimum Gasteiger partial charge on any atom is -0.374 e. The third kappa shape index (κ3) is 9.78. The van der Waals surface area contributed by atoms with E-state index in [2.05, 4.69) is 149 Å². The van der Waals surface area contributed by atoms with Crippen LogP contribution in [0.1, 0.15) is 40.0 Å². The second-order valence-corrected chi connectivity index (χ2v) is 20.6. The summed E-state index contributed by atoms with van der Waals surface area (Å²) in [5, 5.41) is 5.60. The van der Waals surface area contributed by atoms with E-state index in [4.69, 9.17) is 13.3 Å². The quantitative estimate of drug-likeness (QED) is 0.0776. The van der Waals surface area contributed by atoms with E-state index >= 15 is 0 Å². The first-order chi connectivity index (χ1) is 21.6. The van der Waals surface area contributed by atoms with Crippen LogP contribution in [0.4, 0.5) is 0 Å². The van der Waals surface area contributed by atoms with Crippen molar-refractivity contribution in [1.29, 1.82) is 0 Å². The fraction of sp³-hybridized carbons (Fsp3) is 0.351. The van der Waals surface area contributed by atoms with E-state index in [1.165, 1.54) is 21.2 Å². The minimum atomic E-state index is -2.81. The minimum absolute atomic E-state index is 0.176. The van der Waals surface area contributed by atoms with Crippen LogP contribution in [0.25, 0.3) is 0 Å². The Hall–Kier alpha value is -1.95. The van der Waals surface area contributed by atoms with Gasteiger partial charge in [0, 0.05) is 24.5 Å². The van der Waals surface area contributed by atoms with Gasteiger partial charge in [0.05, 0.1) is 9.52 Å². The lowest BCUT2D eigenvalue weighted by atomic mass is 10.1. The van der Waals surface area contributed by atoms with Crippen molar-refractivity contribution in [3.05, 3.63) is 121 Å². The molecule has 0 aliphatic heterocycles. The number of hydrogen-bond donors (Lipinski definition) is 0. The molecule has 0 saturated carbocycles. The smallest absolute Gasteiger partial charge is 0.374 e. The molecular formula is C37H50O3P2Si2. The summed E-state index contributed by atoms with van der Waals surface area (Å²) in [4.78, 5) is 0. The Kier molecular flexibility index (Phi) is 14.5. The van der Waals surface area contributed by atoms with Crippen LogP contribution >= 0.6 is 15.8 Å². The molecule has 7 heteroatoms. The van der Waals surface area contributed by atoms with Gasteiger partial charge in [0.2, 0.25) is 0 Å². The van der Waals surface area contributed by atoms with E-state index < -0.39 is 34.2 Å². The fourth-order valence-electron chi connectivity index (χ4n) is 5.92. The highest BCUT2D eigenvalue weighted by Crippen LogP contribution is 2.41. The Bertz CT molecular complexity index is 1250. The van der Waals surface area contributed by atoms with Gasteiger partial charge in [-0.3, -0.25) is 0 Å². The molecule has 234 valence electrons. The number of hydrogen-bond acceptors (Lipinski definition) is 3. The standard InChI is InChI=1S/C37H50O3P2Si2/c1-5-38-44(7-3,39-6-2)40-37(43-4,30-32-42(35-25-16-10-17-26-35)36-27-18-11-19-28-36)29-20-31-41(33-21-12-8-13-22-33)34-23-14-9-15-24-34/h8-19,21-28H,5-7,20,29-32,43H2,1-4H3. The van der Waals surface area contributed by atoms with Crippen LogP contribution in [0.2, 0.25) is 12.6 Å². The molecule has 0 bridgehead atoms. The number of rotatable bonds is 19. The lowest BCUT2D eigenvalue weighted by molar-refractivity contribution is 0.00680. The summed E-state index contributed by atoms with van der Waals surface area (Å²) in [5.74, 6) is 0. The van der Waals surface area contributed by atoms with Crippen LogP contribution < -0.4 is 21.2 Å². The molecule has 3 nitrogen and oxygen atoms in total. The molecular weight excluding hydrogens is 611 g/mol. The van der Waals surface area contributed by atoms with E-state index in [1.807, 2.05) is 0 Å². The van der Waals surface area contributed by atoms with Gasteiger partial charge in [0.1, 0.15) is 0 Å². The number of benzene rings is 4. The predicted molar refractivity (Wildman–Crippen MR) is 199 cm³/mol. The fourth-order valence-corrected chi connectivity index (χ4v) is 15.9. The maximum absolute atomic E-state index is 7.39. The van der Waals surface area contributed by atoms with Gasteiger partial charge in [-0.05, 0) is 82.5 Å². The third-order valence-corrected chi connectivity index (χ3v) is 18.9. The van der Waals surface area contributed by atoms with Crippen molar-refractivity contribution in [3.63, 3.8) is 0 Å². The Morgan fingerprint density at radius 3 is 1.30 bits per heavy atom. The highest BCUT2D eigenvalue weighted by Gasteiger charge is 2.46. The largest absolute Gasteiger partial charge is 0.500 e. The first kappa shape index (κ1) is 34.9. The second-order valence-electron chi connectivity index (χ2n) is 11.0. The summed E-state index contributed by atoms with van der Waals surface area (Å²) >= 11 is 0. The first-order valence-corrected chi connectivity index (χ1v) is 23.4. The Labute approximate surface area is 272 Å². The average molecular weight is 661 g/mol. The first-order valence-electron chi connectivity index (χ1n) is 16.3. The molecule has 0 aliphatic carbocycles. The summed E-state index contributed by atoms with van der Waals surface area (Å²) in [6.45, 7) is 10.0. The molecule has 0 aromatic heterocycles. The van der Waals surface area contributed by atoms with Crippen LogP contribution in [0, 0.1) is 0 Å². The third-order valence-electron chi connectivity index (χ3n) is 8.25. The highest BCUT2D eigenvalue weighted by atomic mass is 31.1. The normalized spacial score (nSPS) is 13.6. The molecule has 4 rings (SSSR count). The van der Waals surface area contributed by atoms with Crippen LogP contribution in [-0.4, -0.2) is 49.1 Å². The van der Waals surface area contributed by atoms with Crippen molar-refractivity contribution in [1.82, 2.24) is 0 Å². The zero-order chi connectivity index (χ0) is 31.1. The van der Waals surface area contributed by atoms with E-state index in [9.17, 15) is 0 Å². The van der Waals surface area contributed by atoms with Crippen molar-refractivity contribution < 1.29 is 13.3 Å². The van der Waals surface area contributed by atoms with Gasteiger partial charge in [0.25, 0.3) is 0 Å². The van der Waals surface area contributed by atoms with Crippen molar-refractivity contribution in [2.24, 2.45) is 0 Å². The van der Waals surface area contributed by atoms with E-state index in [0.717, 1.165) is 37.6 Å². The summed E-state index contributed by atoms with van der Waals surface area (Å²) in [6.07, 6.45) is 5.46. The van der Waals surface area contributed by atoms with Gasteiger partial charge in [0.15, 0.2) is 0 Å². The average Bonchev–Trinajstić information content (AvgIpc) is 3.08. The molecule has 0 radical (unpaired) electrons. The zero-order valence-electron chi connectivity index (χ0n) is 27.0. The SMILES string of the molecule is CCO[Si](CC)(OCC)OC(CCCP(c1ccccc1)c1ccccc1)(CCP(c1ccccc1)c1ccccc1)[SiH2]C. The van der Waals surface area contributed by atoms with Gasteiger partial charge in [-0.2, -0.15) is 0 Å². The highest BCUT2D eigenvalue weighted by molar-refractivity contribution is 7.73. The lowest BCUT2D eigenvalue weighted by Gasteiger charge is -2.42. The Morgan fingerprint density at radius 1 is 0.568 bits per heavy atom. The monoisotopic (exact) mass is 660 g/mol. The van der Waals surface area contributed by atoms with Crippen molar-refractivity contribution in [2.75, 3.05) is 25.5 Å². The van der Waals surface area contributed by atoms with Gasteiger partial charge >= 0.3 is 8.80 Å². The topological polar surface area (TPSA) is 27.7 Å². The predicted octanol–water partition coefficient (Wildman–Crippen LogP) is 7.38. The molecule has 1 unspecified atom stereocenters. The molecule has 0 heterocycles. The van der Waals surface area contributed by atoms with E-state index in [0.29, 0.717) is 13.2 Å². The molecule has 0 N–H and O–H groups in total. The molecule has 0 fully saturated rings. The summed E-state index contributed by atoms with van der Waals surface area (Å²) in [7, 11) is -4.36. The van der Waals surface area contributed by atoms with Gasteiger partial charge in [-0.15, -0.1) is 0 Å². The maximum atomic E-state index is 7.39. The van der Waals surface area contributed by atoms with Gasteiger partial charge in [-0.1, -0.05) is 135 Å². The Morgan fingerprint density at radius 2 is 0.955 bits per heavy atom. The van der Waals surface area contributed by atoms with Crippen LogP contribution in [-0.2, 0) is 13.3 Å². The molecule has 4 aromatic carbocycles. The molecule has 0 aliphatic rings. The second kappa shape index (κ2) is 18.3. The van der Waals surface area contributed by atoms with Crippen molar-refractivity contribution >= 4 is 55.4 Å². The summed E-state index contributed by atoms with van der Waals surface area (Å²) in [5.41, 5.74) is 0.